The first kappa shape index (κ1) is 8.91. The molecule has 0 amide bonds. The number of benzene rings is 1. The number of hydrogen-bond acceptors (Lipinski definition) is 1. The van der Waals surface area contributed by atoms with Crippen LogP contribution in [0.25, 0.3) is 10.9 Å². The summed E-state index contributed by atoms with van der Waals surface area (Å²) in [5.41, 5.74) is 2.30. The van der Waals surface area contributed by atoms with Gasteiger partial charge in [-0.15, -0.1) is 0 Å². The maximum Gasteiger partial charge on any atom is 0.103 e. The predicted octanol–water partition coefficient (Wildman–Crippen LogP) is 3.97. The Kier molecular flexibility index (Phi) is 2.22. The van der Waals surface area contributed by atoms with E-state index in [0.717, 1.165) is 14.6 Å². The molecule has 0 atom stereocenters. The number of halogens is 1. The van der Waals surface area contributed by atoms with Gasteiger partial charge in [0.05, 0.1) is 0 Å². The van der Waals surface area contributed by atoms with Crippen LogP contribution >= 0.6 is 28.1 Å². The highest BCUT2D eigenvalue weighted by Crippen LogP contribution is 2.20. The van der Waals surface area contributed by atoms with Crippen molar-refractivity contribution in [1.82, 2.24) is 4.98 Å². The van der Waals surface area contributed by atoms with E-state index in [1.54, 1.807) is 0 Å². The summed E-state index contributed by atoms with van der Waals surface area (Å²) in [4.78, 5) is 3.16. The Morgan fingerprint density at radius 1 is 1.31 bits per heavy atom. The van der Waals surface area contributed by atoms with Gasteiger partial charge in [0.1, 0.15) is 4.64 Å². The number of fused-ring (bicyclic) bond motifs is 1. The first-order valence-electron chi connectivity index (χ1n) is 3.96. The molecule has 0 saturated carbocycles. The molecule has 2 aromatic rings. The lowest BCUT2D eigenvalue weighted by atomic mass is 10.1. The quantitative estimate of drug-likeness (QED) is 0.703. The van der Waals surface area contributed by atoms with Crippen molar-refractivity contribution >= 4 is 39.1 Å². The van der Waals surface area contributed by atoms with Crippen LogP contribution in [-0.4, -0.2) is 4.98 Å². The molecular formula is C10H8BrNS. The predicted molar refractivity (Wildman–Crippen MR) is 61.6 cm³/mol. The molecule has 0 fully saturated rings. The fraction of sp³-hybridized carbons (Fsp3) is 0.100. The molecule has 0 unspecified atom stereocenters. The minimum Gasteiger partial charge on any atom is -0.346 e. The number of rotatable bonds is 0. The van der Waals surface area contributed by atoms with Crippen molar-refractivity contribution in [2.24, 2.45) is 0 Å². The first-order chi connectivity index (χ1) is 6.16. The maximum absolute atomic E-state index is 5.10. The van der Waals surface area contributed by atoms with E-state index in [1.807, 2.05) is 18.2 Å². The second-order valence-corrected chi connectivity index (χ2v) is 4.36. The molecular weight excluding hydrogens is 246 g/mol. The van der Waals surface area contributed by atoms with Crippen molar-refractivity contribution in [3.05, 3.63) is 38.9 Å². The Labute approximate surface area is 89.9 Å². The van der Waals surface area contributed by atoms with E-state index in [2.05, 4.69) is 33.9 Å². The average Bonchev–Trinajstić information content (AvgIpc) is 2.02. The standard InChI is InChI=1S/C10H8BrNS/c1-6-4-10(13)12-9-5-7(11)2-3-8(6)9/h2-5H,1H3,(H,12,13). The molecule has 1 N–H and O–H groups in total. The molecule has 0 radical (unpaired) electrons. The highest BCUT2D eigenvalue weighted by Gasteiger charge is 1.97. The molecule has 3 heteroatoms. The van der Waals surface area contributed by atoms with Crippen LogP contribution in [0.15, 0.2) is 28.7 Å². The summed E-state index contributed by atoms with van der Waals surface area (Å²) in [5, 5.41) is 1.22. The van der Waals surface area contributed by atoms with Crippen molar-refractivity contribution in [3.8, 4) is 0 Å². The fourth-order valence-electron chi connectivity index (χ4n) is 1.41. The molecule has 1 aromatic heterocycles. The van der Waals surface area contributed by atoms with E-state index in [1.165, 1.54) is 10.9 Å². The van der Waals surface area contributed by atoms with Gasteiger partial charge in [0.25, 0.3) is 0 Å². The summed E-state index contributed by atoms with van der Waals surface area (Å²) in [6.07, 6.45) is 0. The van der Waals surface area contributed by atoms with Crippen LogP contribution in [0.1, 0.15) is 5.56 Å². The number of hydrogen-bond donors (Lipinski definition) is 1. The molecule has 0 spiro atoms. The lowest BCUT2D eigenvalue weighted by Crippen LogP contribution is -1.83. The Bertz CT molecular complexity index is 516. The molecule has 2 rings (SSSR count). The van der Waals surface area contributed by atoms with E-state index in [9.17, 15) is 0 Å². The van der Waals surface area contributed by atoms with E-state index >= 15 is 0 Å². The molecule has 0 bridgehead atoms. The number of H-pyrrole nitrogens is 1. The van der Waals surface area contributed by atoms with Gasteiger partial charge in [-0.1, -0.05) is 34.2 Å². The highest BCUT2D eigenvalue weighted by molar-refractivity contribution is 9.10. The van der Waals surface area contributed by atoms with Gasteiger partial charge in [0.15, 0.2) is 0 Å². The van der Waals surface area contributed by atoms with Crippen LogP contribution in [0, 0.1) is 11.6 Å². The fourth-order valence-corrected chi connectivity index (χ4v) is 2.05. The lowest BCUT2D eigenvalue weighted by Gasteiger charge is -2.02. The van der Waals surface area contributed by atoms with Gasteiger partial charge < -0.3 is 4.98 Å². The summed E-state index contributed by atoms with van der Waals surface area (Å²) in [6.45, 7) is 2.07. The second kappa shape index (κ2) is 3.24. The molecule has 1 heterocycles. The Morgan fingerprint density at radius 3 is 2.85 bits per heavy atom. The van der Waals surface area contributed by atoms with Crippen molar-refractivity contribution in [2.45, 2.75) is 6.92 Å². The van der Waals surface area contributed by atoms with E-state index in [-0.39, 0.29) is 0 Å². The normalized spacial score (nSPS) is 10.6. The van der Waals surface area contributed by atoms with Crippen molar-refractivity contribution in [3.63, 3.8) is 0 Å². The van der Waals surface area contributed by atoms with Gasteiger partial charge in [0, 0.05) is 15.4 Å². The van der Waals surface area contributed by atoms with Gasteiger partial charge in [-0.3, -0.25) is 0 Å². The third-order valence-electron chi connectivity index (χ3n) is 2.01. The minimum atomic E-state index is 0.781. The third-order valence-corrected chi connectivity index (χ3v) is 2.73. The van der Waals surface area contributed by atoms with E-state index in [4.69, 9.17) is 12.2 Å². The van der Waals surface area contributed by atoms with Crippen LogP contribution in [0.3, 0.4) is 0 Å². The van der Waals surface area contributed by atoms with Gasteiger partial charge in [-0.2, -0.15) is 0 Å². The number of aryl methyl sites for hydroxylation is 1. The summed E-state index contributed by atoms with van der Waals surface area (Å²) < 4.78 is 1.85. The van der Waals surface area contributed by atoms with Crippen LogP contribution in [-0.2, 0) is 0 Å². The molecule has 0 aliphatic carbocycles. The molecule has 66 valence electrons. The zero-order chi connectivity index (χ0) is 9.42. The maximum atomic E-state index is 5.10. The Morgan fingerprint density at radius 2 is 2.08 bits per heavy atom. The van der Waals surface area contributed by atoms with E-state index < -0.39 is 0 Å². The number of nitrogens with one attached hydrogen (secondary N) is 1. The molecule has 1 aromatic carbocycles. The summed E-state index contributed by atoms with van der Waals surface area (Å²) in [5.74, 6) is 0. The SMILES string of the molecule is Cc1cc(=S)[nH]c2cc(Br)ccc12. The average molecular weight is 254 g/mol. The van der Waals surface area contributed by atoms with E-state index in [0.29, 0.717) is 0 Å². The zero-order valence-corrected chi connectivity index (χ0v) is 9.50. The Hall–Kier alpha value is -0.670. The van der Waals surface area contributed by atoms with Crippen molar-refractivity contribution in [1.29, 1.82) is 0 Å². The summed E-state index contributed by atoms with van der Waals surface area (Å²) in [6, 6.07) is 8.13. The highest BCUT2D eigenvalue weighted by atomic mass is 79.9. The monoisotopic (exact) mass is 253 g/mol. The van der Waals surface area contributed by atoms with Crippen LogP contribution in [0.2, 0.25) is 0 Å². The molecule has 0 aliphatic rings. The second-order valence-electron chi connectivity index (χ2n) is 3.01. The van der Waals surface area contributed by atoms with Gasteiger partial charge in [0.2, 0.25) is 0 Å². The number of aromatic nitrogens is 1. The van der Waals surface area contributed by atoms with Gasteiger partial charge in [-0.05, 0) is 30.7 Å². The van der Waals surface area contributed by atoms with Crippen molar-refractivity contribution < 1.29 is 0 Å². The number of aromatic amines is 1. The zero-order valence-electron chi connectivity index (χ0n) is 7.10. The third kappa shape index (κ3) is 1.67. The van der Waals surface area contributed by atoms with Crippen LogP contribution in [0.5, 0.6) is 0 Å². The minimum absolute atomic E-state index is 0.781. The smallest absolute Gasteiger partial charge is 0.103 e. The topological polar surface area (TPSA) is 15.8 Å². The van der Waals surface area contributed by atoms with Crippen molar-refractivity contribution in [2.75, 3.05) is 0 Å². The molecule has 0 aliphatic heterocycles. The number of pyridine rings is 1. The summed E-state index contributed by atoms with van der Waals surface area (Å²) in [7, 11) is 0. The summed E-state index contributed by atoms with van der Waals surface area (Å²) >= 11 is 8.53. The Balaban J connectivity index is 2.94. The van der Waals surface area contributed by atoms with Gasteiger partial charge in [-0.25, -0.2) is 0 Å². The molecule has 13 heavy (non-hydrogen) atoms. The lowest BCUT2D eigenvalue weighted by molar-refractivity contribution is 1.34. The van der Waals surface area contributed by atoms with Crippen LogP contribution < -0.4 is 0 Å². The van der Waals surface area contributed by atoms with Crippen LogP contribution in [0.4, 0.5) is 0 Å². The van der Waals surface area contributed by atoms with Gasteiger partial charge >= 0.3 is 0 Å². The molecule has 0 saturated heterocycles. The largest absolute Gasteiger partial charge is 0.346 e. The first-order valence-corrected chi connectivity index (χ1v) is 5.16. The molecule has 1 nitrogen and oxygen atoms in total.